The van der Waals surface area contributed by atoms with Gasteiger partial charge in [0, 0.05) is 19.5 Å². The number of hydrogen-bond acceptors (Lipinski definition) is 1. The van der Waals surface area contributed by atoms with Crippen LogP contribution in [0.3, 0.4) is 0 Å². The fourth-order valence-electron chi connectivity index (χ4n) is 8.36. The number of nitrogens with zero attached hydrogens (tertiary/aromatic N) is 1. The van der Waals surface area contributed by atoms with Gasteiger partial charge in [0.05, 0.1) is 0 Å². The number of hydrogen-bond donors (Lipinski definition) is 0. The summed E-state index contributed by atoms with van der Waals surface area (Å²) >= 11 is 0. The van der Waals surface area contributed by atoms with Crippen molar-refractivity contribution in [3.8, 4) is 0 Å². The summed E-state index contributed by atoms with van der Waals surface area (Å²) < 4.78 is 0. The Morgan fingerprint density at radius 3 is 2.57 bits per heavy atom. The molecule has 2 unspecified atom stereocenters. The largest absolute Gasteiger partial charge is 0.342 e. The number of piperidine rings is 1. The van der Waals surface area contributed by atoms with Gasteiger partial charge in [0.15, 0.2) is 0 Å². The first kappa shape index (κ1) is 20.3. The lowest BCUT2D eigenvalue weighted by molar-refractivity contribution is -0.164. The van der Waals surface area contributed by atoms with Gasteiger partial charge in [-0.2, -0.15) is 0 Å². The summed E-state index contributed by atoms with van der Waals surface area (Å²) in [6.07, 6.45) is 10.8. The normalized spacial score (nSPS) is 44.6. The van der Waals surface area contributed by atoms with E-state index in [9.17, 15) is 4.79 Å². The third kappa shape index (κ3) is 3.00. The molecule has 2 nitrogen and oxygen atoms in total. The maximum atomic E-state index is 12.4. The van der Waals surface area contributed by atoms with E-state index in [1.807, 2.05) is 0 Å². The molecular formula is C28H39NO. The number of allylic oxidation sites excluding steroid dienone is 1. The highest BCUT2D eigenvalue weighted by molar-refractivity contribution is 5.77. The molecule has 3 saturated carbocycles. The van der Waals surface area contributed by atoms with Gasteiger partial charge in [0.25, 0.3) is 0 Å². The van der Waals surface area contributed by atoms with Gasteiger partial charge >= 0.3 is 0 Å². The predicted octanol–water partition coefficient (Wildman–Crippen LogP) is 6.49. The lowest BCUT2D eigenvalue weighted by Gasteiger charge is -2.63. The number of carbonyl (C=O) groups excluding carboxylic acids is 1. The Morgan fingerprint density at radius 2 is 1.83 bits per heavy atom. The van der Waals surface area contributed by atoms with Crippen molar-refractivity contribution in [3.05, 3.63) is 41.0 Å². The van der Waals surface area contributed by atoms with E-state index in [1.165, 1.54) is 43.2 Å². The zero-order chi connectivity index (χ0) is 21.3. The molecule has 0 N–H and O–H groups in total. The van der Waals surface area contributed by atoms with Gasteiger partial charge < -0.3 is 4.90 Å². The van der Waals surface area contributed by atoms with Crippen molar-refractivity contribution < 1.29 is 4.79 Å². The zero-order valence-electron chi connectivity index (χ0n) is 19.6. The van der Waals surface area contributed by atoms with Crippen molar-refractivity contribution in [2.75, 3.05) is 7.05 Å². The van der Waals surface area contributed by atoms with Crippen LogP contribution in [0.4, 0.5) is 0 Å². The van der Waals surface area contributed by atoms with Gasteiger partial charge in [-0.3, -0.25) is 4.79 Å². The van der Waals surface area contributed by atoms with Crippen LogP contribution < -0.4 is 0 Å². The van der Waals surface area contributed by atoms with E-state index >= 15 is 0 Å². The second-order valence-corrected chi connectivity index (χ2v) is 11.8. The molecule has 30 heavy (non-hydrogen) atoms. The summed E-state index contributed by atoms with van der Waals surface area (Å²) in [6, 6.07) is 9.47. The molecule has 4 aliphatic rings. The monoisotopic (exact) mass is 405 g/mol. The molecule has 1 aromatic carbocycles. The molecule has 0 aromatic heterocycles. The quantitative estimate of drug-likeness (QED) is 0.523. The number of likely N-dealkylation sites (tertiary alicyclic amines) is 1. The number of aryl methyl sites for hydroxylation is 1. The summed E-state index contributed by atoms with van der Waals surface area (Å²) in [7, 11) is 2.07. The second-order valence-electron chi connectivity index (χ2n) is 11.8. The minimum absolute atomic E-state index is 0.310. The SMILES string of the molecule is Cc1ccc(C=C2C[C@H]3[C@@H]4C(C)CC5N(C)C(=O)CC[C@]5(C)[C@@H]4CC[C@]3(C)C2)cc1. The first-order valence-corrected chi connectivity index (χ1v) is 12.2. The first-order chi connectivity index (χ1) is 14.2. The van der Waals surface area contributed by atoms with E-state index < -0.39 is 0 Å². The summed E-state index contributed by atoms with van der Waals surface area (Å²) in [5.41, 5.74) is 5.14. The van der Waals surface area contributed by atoms with Gasteiger partial charge in [-0.05, 0) is 85.5 Å². The van der Waals surface area contributed by atoms with Crippen LogP contribution in [-0.2, 0) is 4.79 Å². The summed E-state index contributed by atoms with van der Waals surface area (Å²) in [6.45, 7) is 9.78. The molecule has 1 aromatic rings. The molecule has 2 heteroatoms. The Bertz CT molecular complexity index is 869. The van der Waals surface area contributed by atoms with Crippen LogP contribution in [0.5, 0.6) is 0 Å². The smallest absolute Gasteiger partial charge is 0.222 e. The molecular weight excluding hydrogens is 366 g/mol. The van der Waals surface area contributed by atoms with Crippen LogP contribution in [0.25, 0.3) is 6.08 Å². The molecule has 0 bridgehead atoms. The Labute approximate surface area is 183 Å². The molecule has 1 heterocycles. The van der Waals surface area contributed by atoms with Crippen molar-refractivity contribution in [2.24, 2.45) is 34.5 Å². The lowest BCUT2D eigenvalue weighted by atomic mass is 9.45. The van der Waals surface area contributed by atoms with Crippen LogP contribution in [0.15, 0.2) is 29.8 Å². The average Bonchev–Trinajstić information content (AvgIpc) is 3.04. The Hall–Kier alpha value is -1.57. The van der Waals surface area contributed by atoms with Gasteiger partial charge in [-0.15, -0.1) is 0 Å². The van der Waals surface area contributed by atoms with Crippen LogP contribution in [0.2, 0.25) is 0 Å². The second kappa shape index (κ2) is 6.97. The standard InChI is InChI=1S/C28H39NO/c1-18-6-8-20(9-7-18)15-21-16-23-26-19(2)14-24-28(4,13-11-25(30)29(24)5)22(26)10-12-27(23,3)17-21/h6-9,15,19,22-24,26H,10-14,16-17H2,1-5H3/t19?,22-,23+,24?,26-,27-,28-/m1/s1. The van der Waals surface area contributed by atoms with Crippen molar-refractivity contribution in [1.29, 1.82) is 0 Å². The van der Waals surface area contributed by atoms with E-state index in [0.29, 0.717) is 28.7 Å². The number of fused-ring (bicyclic) bond motifs is 5. The van der Waals surface area contributed by atoms with Crippen molar-refractivity contribution >= 4 is 12.0 Å². The van der Waals surface area contributed by atoms with Crippen LogP contribution in [0, 0.1) is 41.4 Å². The van der Waals surface area contributed by atoms with E-state index in [2.05, 4.69) is 70.0 Å². The predicted molar refractivity (Wildman–Crippen MR) is 124 cm³/mol. The minimum Gasteiger partial charge on any atom is -0.342 e. The fraction of sp³-hybridized carbons (Fsp3) is 0.679. The van der Waals surface area contributed by atoms with Crippen molar-refractivity contribution in [2.45, 2.75) is 78.7 Å². The summed E-state index contributed by atoms with van der Waals surface area (Å²) in [5.74, 6) is 3.48. The van der Waals surface area contributed by atoms with Crippen LogP contribution >= 0.6 is 0 Å². The molecule has 3 aliphatic carbocycles. The molecule has 0 radical (unpaired) electrons. The highest BCUT2D eigenvalue weighted by Gasteiger charge is 2.61. The molecule has 5 rings (SSSR count). The molecule has 162 valence electrons. The summed E-state index contributed by atoms with van der Waals surface area (Å²) in [4.78, 5) is 14.6. The van der Waals surface area contributed by atoms with E-state index in [4.69, 9.17) is 0 Å². The Balaban J connectivity index is 1.45. The van der Waals surface area contributed by atoms with Gasteiger partial charge in [-0.1, -0.05) is 62.2 Å². The molecule has 1 saturated heterocycles. The van der Waals surface area contributed by atoms with Gasteiger partial charge in [0.1, 0.15) is 0 Å². The van der Waals surface area contributed by atoms with Crippen LogP contribution in [-0.4, -0.2) is 23.9 Å². The highest BCUT2D eigenvalue weighted by Crippen LogP contribution is 2.66. The fourth-order valence-corrected chi connectivity index (χ4v) is 8.36. The van der Waals surface area contributed by atoms with E-state index in [1.54, 1.807) is 5.57 Å². The average molecular weight is 406 g/mol. The van der Waals surface area contributed by atoms with Gasteiger partial charge in [0.2, 0.25) is 5.91 Å². The number of rotatable bonds is 1. The molecule has 1 aliphatic heterocycles. The maximum absolute atomic E-state index is 12.4. The highest BCUT2D eigenvalue weighted by atomic mass is 16.2. The van der Waals surface area contributed by atoms with E-state index in [0.717, 1.165) is 30.6 Å². The first-order valence-electron chi connectivity index (χ1n) is 12.2. The van der Waals surface area contributed by atoms with Crippen LogP contribution in [0.1, 0.15) is 76.8 Å². The molecule has 7 atom stereocenters. The molecule has 4 fully saturated rings. The number of amides is 1. The van der Waals surface area contributed by atoms with Crippen molar-refractivity contribution in [1.82, 2.24) is 4.90 Å². The zero-order valence-corrected chi connectivity index (χ0v) is 19.6. The Morgan fingerprint density at radius 1 is 1.10 bits per heavy atom. The summed E-state index contributed by atoms with van der Waals surface area (Å²) in [5, 5.41) is 0. The third-order valence-electron chi connectivity index (χ3n) is 10.0. The van der Waals surface area contributed by atoms with E-state index in [-0.39, 0.29) is 0 Å². The lowest BCUT2D eigenvalue weighted by Crippen LogP contribution is -2.62. The molecule has 0 spiro atoms. The minimum atomic E-state index is 0.310. The van der Waals surface area contributed by atoms with Gasteiger partial charge in [-0.25, -0.2) is 0 Å². The Kier molecular flexibility index (Phi) is 4.73. The number of carbonyl (C=O) groups is 1. The van der Waals surface area contributed by atoms with Crippen molar-refractivity contribution in [3.63, 3.8) is 0 Å². The molecule has 1 amide bonds. The third-order valence-corrected chi connectivity index (χ3v) is 10.0. The number of benzene rings is 1. The maximum Gasteiger partial charge on any atom is 0.222 e. The topological polar surface area (TPSA) is 20.3 Å².